The van der Waals surface area contributed by atoms with Crippen molar-refractivity contribution in [3.05, 3.63) is 0 Å². The summed E-state index contributed by atoms with van der Waals surface area (Å²) in [6, 6.07) is 0. The van der Waals surface area contributed by atoms with E-state index in [-0.39, 0.29) is 0 Å². The molecule has 0 saturated carbocycles. The van der Waals surface area contributed by atoms with Crippen molar-refractivity contribution in [2.24, 2.45) is 0 Å². The minimum Gasteiger partial charge on any atom is -0.364 e. The predicted molar refractivity (Wildman–Crippen MR) is 58.9 cm³/mol. The van der Waals surface area contributed by atoms with E-state index < -0.39 is 8.97 Å². The van der Waals surface area contributed by atoms with Crippen LogP contribution in [0.5, 0.6) is 0 Å². The van der Waals surface area contributed by atoms with E-state index in [0.717, 1.165) is 13.0 Å². The Morgan fingerprint density at radius 1 is 0.929 bits per heavy atom. The van der Waals surface area contributed by atoms with Crippen molar-refractivity contribution in [1.29, 1.82) is 0 Å². The molecule has 0 aromatic heterocycles. The Morgan fingerprint density at radius 2 is 1.50 bits per heavy atom. The van der Waals surface area contributed by atoms with Crippen LogP contribution in [0.3, 0.4) is 0 Å². The van der Waals surface area contributed by atoms with Crippen LogP contribution in [-0.4, -0.2) is 36.8 Å². The van der Waals surface area contributed by atoms with Gasteiger partial charge in [0.25, 0.3) is 0 Å². The minimum absolute atomic E-state index is 0.891. The van der Waals surface area contributed by atoms with Gasteiger partial charge in [0.1, 0.15) is 0 Å². The normalized spacial score (nSPS) is 12.0. The number of hydrogen-bond acceptors (Lipinski definition) is 4. The molecule has 0 saturated heterocycles. The predicted octanol–water partition coefficient (Wildman–Crippen LogP) is 1.53. The van der Waals surface area contributed by atoms with E-state index >= 15 is 0 Å². The Kier molecular flexibility index (Phi) is 8.41. The van der Waals surface area contributed by atoms with E-state index in [1.807, 2.05) is 0 Å². The smallest absolute Gasteiger partial charge is 0.364 e. The summed E-state index contributed by atoms with van der Waals surface area (Å²) in [6.45, 7) is 3.09. The summed E-state index contributed by atoms with van der Waals surface area (Å²) in [5.74, 6) is 0. The van der Waals surface area contributed by atoms with Crippen LogP contribution in [0, 0.1) is 0 Å². The zero-order valence-electron chi connectivity index (χ0n) is 9.76. The molecule has 0 heterocycles. The lowest BCUT2D eigenvalue weighted by Gasteiger charge is -2.24. The van der Waals surface area contributed by atoms with Crippen LogP contribution >= 0.6 is 0 Å². The Morgan fingerprint density at radius 3 is 1.93 bits per heavy atom. The van der Waals surface area contributed by atoms with Crippen LogP contribution < -0.4 is 4.98 Å². The van der Waals surface area contributed by atoms with Crippen molar-refractivity contribution in [2.75, 3.05) is 27.9 Å². The first-order chi connectivity index (χ1) is 6.74. The zero-order chi connectivity index (χ0) is 10.9. The first-order valence-electron chi connectivity index (χ1n) is 5.15. The first kappa shape index (κ1) is 14.1. The van der Waals surface area contributed by atoms with Gasteiger partial charge >= 0.3 is 8.97 Å². The van der Waals surface area contributed by atoms with Gasteiger partial charge in [-0.3, -0.25) is 4.98 Å². The maximum Gasteiger partial charge on any atom is 0.595 e. The van der Waals surface area contributed by atoms with Gasteiger partial charge in [0.05, 0.1) is 0 Å². The summed E-state index contributed by atoms with van der Waals surface area (Å²) in [4.78, 5) is 3.21. The molecule has 0 spiro atoms. The van der Waals surface area contributed by atoms with Crippen molar-refractivity contribution in [2.45, 2.75) is 32.6 Å². The Labute approximate surface area is 88.4 Å². The molecule has 0 bridgehead atoms. The molecule has 1 N–H and O–H groups in total. The van der Waals surface area contributed by atoms with Crippen LogP contribution in [0.4, 0.5) is 0 Å². The molecule has 0 rings (SSSR count). The van der Waals surface area contributed by atoms with E-state index in [1.54, 1.807) is 21.3 Å². The summed E-state index contributed by atoms with van der Waals surface area (Å²) >= 11 is 0. The molecule has 14 heavy (non-hydrogen) atoms. The van der Waals surface area contributed by atoms with E-state index in [1.165, 1.54) is 19.3 Å². The topological polar surface area (TPSA) is 39.7 Å². The second-order valence-corrected chi connectivity index (χ2v) is 5.85. The highest BCUT2D eigenvalue weighted by Crippen LogP contribution is 2.03. The molecule has 0 amide bonds. The Balaban J connectivity index is 3.61. The molecule has 0 atom stereocenters. The lowest BCUT2D eigenvalue weighted by atomic mass is 10.2. The number of rotatable bonds is 9. The minimum atomic E-state index is -2.53. The van der Waals surface area contributed by atoms with Gasteiger partial charge in [-0.25, -0.2) is 0 Å². The van der Waals surface area contributed by atoms with Crippen molar-refractivity contribution < 1.29 is 13.3 Å². The summed E-state index contributed by atoms with van der Waals surface area (Å²) in [5.41, 5.74) is 0. The first-order valence-corrected chi connectivity index (χ1v) is 6.87. The molecule has 4 nitrogen and oxygen atoms in total. The van der Waals surface area contributed by atoms with Crippen LogP contribution in [0.15, 0.2) is 0 Å². The maximum absolute atomic E-state index is 5.23. The van der Waals surface area contributed by atoms with E-state index in [9.17, 15) is 0 Å². The van der Waals surface area contributed by atoms with Crippen LogP contribution in [-0.2, 0) is 13.3 Å². The summed E-state index contributed by atoms with van der Waals surface area (Å²) in [5, 5.41) is 0. The molecular weight excluding hydrogens is 198 g/mol. The summed E-state index contributed by atoms with van der Waals surface area (Å²) < 4.78 is 15.7. The van der Waals surface area contributed by atoms with Gasteiger partial charge in [0.2, 0.25) is 0 Å². The second kappa shape index (κ2) is 8.37. The highest BCUT2D eigenvalue weighted by Gasteiger charge is 2.38. The molecule has 86 valence electrons. The fourth-order valence-corrected chi connectivity index (χ4v) is 2.68. The zero-order valence-corrected chi connectivity index (χ0v) is 10.8. The third-order valence-corrected chi connectivity index (χ3v) is 4.47. The average molecular weight is 221 g/mol. The van der Waals surface area contributed by atoms with Crippen molar-refractivity contribution >= 4 is 8.97 Å². The van der Waals surface area contributed by atoms with Crippen molar-refractivity contribution in [3.8, 4) is 0 Å². The second-order valence-electron chi connectivity index (χ2n) is 3.16. The highest BCUT2D eigenvalue weighted by atomic mass is 28.4. The van der Waals surface area contributed by atoms with Crippen LogP contribution in [0.1, 0.15) is 32.6 Å². The summed E-state index contributed by atoms with van der Waals surface area (Å²) in [6.07, 6.45) is 4.91. The van der Waals surface area contributed by atoms with Crippen molar-refractivity contribution in [3.63, 3.8) is 0 Å². The third kappa shape index (κ3) is 5.07. The molecule has 0 aromatic rings. The monoisotopic (exact) mass is 221 g/mol. The number of hydrogen-bond donors (Lipinski definition) is 1. The molecule has 0 fully saturated rings. The third-order valence-electron chi connectivity index (χ3n) is 2.18. The van der Waals surface area contributed by atoms with Gasteiger partial charge in [-0.05, 0) is 13.0 Å². The van der Waals surface area contributed by atoms with Gasteiger partial charge in [-0.15, -0.1) is 0 Å². The van der Waals surface area contributed by atoms with Gasteiger partial charge < -0.3 is 13.3 Å². The molecule has 0 unspecified atom stereocenters. The maximum atomic E-state index is 5.23. The molecule has 0 aliphatic rings. The molecule has 0 aliphatic carbocycles. The quantitative estimate of drug-likeness (QED) is 0.473. The molecule has 5 heteroatoms. The van der Waals surface area contributed by atoms with E-state index in [2.05, 4.69) is 11.9 Å². The largest absolute Gasteiger partial charge is 0.595 e. The van der Waals surface area contributed by atoms with Crippen LogP contribution in [0.25, 0.3) is 0 Å². The van der Waals surface area contributed by atoms with E-state index in [4.69, 9.17) is 13.3 Å². The highest BCUT2D eigenvalue weighted by molar-refractivity contribution is 6.57. The Bertz CT molecular complexity index is 123. The standard InChI is InChI=1S/C9H23NO3Si/c1-5-6-7-8-9-10-14(11-2,12-3)13-4/h10H,5-9H2,1-4H3. The van der Waals surface area contributed by atoms with Gasteiger partial charge in [0.15, 0.2) is 0 Å². The van der Waals surface area contributed by atoms with E-state index in [0.29, 0.717) is 0 Å². The lowest BCUT2D eigenvalue weighted by Crippen LogP contribution is -2.57. The van der Waals surface area contributed by atoms with Crippen LogP contribution in [0.2, 0.25) is 0 Å². The molecule has 0 aromatic carbocycles. The van der Waals surface area contributed by atoms with Gasteiger partial charge in [-0.2, -0.15) is 0 Å². The number of unbranched alkanes of at least 4 members (excludes halogenated alkanes) is 3. The molecule has 0 radical (unpaired) electrons. The Hall–Kier alpha value is 0.0569. The molecule has 0 aliphatic heterocycles. The lowest BCUT2D eigenvalue weighted by molar-refractivity contribution is 0.110. The molecular formula is C9H23NO3Si. The van der Waals surface area contributed by atoms with Gasteiger partial charge in [0, 0.05) is 21.3 Å². The summed E-state index contributed by atoms with van der Waals surface area (Å²) in [7, 11) is 2.30. The van der Waals surface area contributed by atoms with Crippen molar-refractivity contribution in [1.82, 2.24) is 4.98 Å². The SMILES string of the molecule is CCCCCCN[Si](OC)(OC)OC. The fourth-order valence-electron chi connectivity index (χ4n) is 1.26. The van der Waals surface area contributed by atoms with Gasteiger partial charge in [-0.1, -0.05) is 26.2 Å². The number of nitrogens with one attached hydrogen (secondary N) is 1. The fraction of sp³-hybridized carbons (Fsp3) is 1.00. The average Bonchev–Trinajstić information content (AvgIpc) is 2.24.